The van der Waals surface area contributed by atoms with Crippen LogP contribution in [0.1, 0.15) is 34.8 Å². The summed E-state index contributed by atoms with van der Waals surface area (Å²) in [6.45, 7) is 3.88. The molecule has 1 aromatic heterocycles. The fourth-order valence-electron chi connectivity index (χ4n) is 2.25. The van der Waals surface area contributed by atoms with E-state index >= 15 is 0 Å². The Balaban J connectivity index is 1.53. The van der Waals surface area contributed by atoms with Gasteiger partial charge in [-0.2, -0.15) is 0 Å². The van der Waals surface area contributed by atoms with Crippen LogP contribution in [-0.4, -0.2) is 34.4 Å². The van der Waals surface area contributed by atoms with E-state index in [1.165, 1.54) is 6.92 Å². The highest BCUT2D eigenvalue weighted by atomic mass is 32.1. The number of ether oxygens (including phenoxy) is 3. The molecular weight excluding hydrogens is 346 g/mol. The molecule has 132 valence electrons. The maximum Gasteiger partial charge on any atom is 0.352 e. The van der Waals surface area contributed by atoms with Crippen LogP contribution in [0.15, 0.2) is 18.2 Å². The Morgan fingerprint density at radius 1 is 1.36 bits per heavy atom. The minimum atomic E-state index is -0.923. The summed E-state index contributed by atoms with van der Waals surface area (Å²) in [5.74, 6) is 0.359. The number of benzene rings is 1. The molecule has 1 aromatic carbocycles. The third kappa shape index (κ3) is 3.87. The van der Waals surface area contributed by atoms with E-state index in [0.29, 0.717) is 35.0 Å². The molecule has 2 aromatic rings. The van der Waals surface area contributed by atoms with Gasteiger partial charge in [-0.05, 0) is 42.6 Å². The standard InChI is InChI=1S/C16H17N3O5S/c1-3-11-14(25-19-18-11)16(21)24-9(2)15(20)17-7-10-4-5-12-13(6-10)23-8-22-12/h4-6,9H,3,7-8H2,1-2H3,(H,17,20)/t9-/m1/s1. The van der Waals surface area contributed by atoms with Gasteiger partial charge < -0.3 is 19.5 Å². The number of nitrogens with one attached hydrogen (secondary N) is 1. The Morgan fingerprint density at radius 2 is 2.16 bits per heavy atom. The highest BCUT2D eigenvalue weighted by Crippen LogP contribution is 2.32. The molecule has 3 rings (SSSR count). The predicted molar refractivity (Wildman–Crippen MR) is 88.6 cm³/mol. The van der Waals surface area contributed by atoms with Gasteiger partial charge in [0.2, 0.25) is 6.79 Å². The summed E-state index contributed by atoms with van der Waals surface area (Å²) in [5.41, 5.74) is 1.43. The normalized spacial score (nSPS) is 13.4. The van der Waals surface area contributed by atoms with E-state index in [1.54, 1.807) is 12.1 Å². The lowest BCUT2D eigenvalue weighted by Gasteiger charge is -2.13. The summed E-state index contributed by atoms with van der Waals surface area (Å²) in [7, 11) is 0. The van der Waals surface area contributed by atoms with E-state index in [-0.39, 0.29) is 12.7 Å². The van der Waals surface area contributed by atoms with Crippen LogP contribution in [0.5, 0.6) is 11.5 Å². The van der Waals surface area contributed by atoms with Gasteiger partial charge in [-0.25, -0.2) is 4.79 Å². The molecule has 0 spiro atoms. The lowest BCUT2D eigenvalue weighted by molar-refractivity contribution is -0.129. The molecule has 1 atom stereocenters. The Labute approximate surface area is 148 Å². The zero-order chi connectivity index (χ0) is 17.8. The van der Waals surface area contributed by atoms with Crippen LogP contribution in [-0.2, 0) is 22.5 Å². The second-order valence-corrected chi connectivity index (χ2v) is 6.11. The van der Waals surface area contributed by atoms with Gasteiger partial charge in [-0.3, -0.25) is 4.79 Å². The molecule has 9 heteroatoms. The summed E-state index contributed by atoms with van der Waals surface area (Å²) in [5, 5.41) is 6.59. The van der Waals surface area contributed by atoms with Gasteiger partial charge in [-0.15, -0.1) is 5.10 Å². The van der Waals surface area contributed by atoms with Crippen molar-refractivity contribution in [1.29, 1.82) is 0 Å². The molecule has 2 heterocycles. The van der Waals surface area contributed by atoms with E-state index in [2.05, 4.69) is 14.9 Å². The van der Waals surface area contributed by atoms with Crippen LogP contribution in [0, 0.1) is 0 Å². The van der Waals surface area contributed by atoms with Crippen LogP contribution in [0.4, 0.5) is 0 Å². The molecule has 1 aliphatic rings. The van der Waals surface area contributed by atoms with Gasteiger partial charge in [0.05, 0.1) is 5.69 Å². The average molecular weight is 363 g/mol. The molecule has 0 aliphatic carbocycles. The summed E-state index contributed by atoms with van der Waals surface area (Å²) in [6, 6.07) is 5.42. The van der Waals surface area contributed by atoms with E-state index in [1.807, 2.05) is 13.0 Å². The van der Waals surface area contributed by atoms with Crippen LogP contribution in [0.25, 0.3) is 0 Å². The number of carbonyl (C=O) groups excluding carboxylic acids is 2. The fourth-order valence-corrected chi connectivity index (χ4v) is 2.88. The SMILES string of the molecule is CCc1nnsc1C(=O)O[C@H](C)C(=O)NCc1ccc2c(c1)OCO2. The quantitative estimate of drug-likeness (QED) is 0.780. The largest absolute Gasteiger partial charge is 0.454 e. The van der Waals surface area contributed by atoms with E-state index in [0.717, 1.165) is 17.1 Å². The number of carbonyl (C=O) groups is 2. The van der Waals surface area contributed by atoms with E-state index in [4.69, 9.17) is 14.2 Å². The van der Waals surface area contributed by atoms with Gasteiger partial charge in [0.1, 0.15) is 0 Å². The highest BCUT2D eigenvalue weighted by molar-refractivity contribution is 7.07. The number of hydrogen-bond acceptors (Lipinski definition) is 8. The van der Waals surface area contributed by atoms with Crippen LogP contribution >= 0.6 is 11.5 Å². The molecule has 0 saturated carbocycles. The Kier molecular flexibility index (Phi) is 5.13. The smallest absolute Gasteiger partial charge is 0.352 e. The van der Waals surface area contributed by atoms with Gasteiger partial charge in [0.25, 0.3) is 5.91 Å². The van der Waals surface area contributed by atoms with E-state index < -0.39 is 12.1 Å². The second-order valence-electron chi connectivity index (χ2n) is 5.36. The molecule has 0 radical (unpaired) electrons. The number of aryl methyl sites for hydroxylation is 1. The van der Waals surface area contributed by atoms with Gasteiger partial charge >= 0.3 is 5.97 Å². The first kappa shape index (κ1) is 17.2. The lowest BCUT2D eigenvalue weighted by atomic mass is 10.2. The number of hydrogen-bond donors (Lipinski definition) is 1. The Morgan fingerprint density at radius 3 is 2.96 bits per heavy atom. The molecule has 0 bridgehead atoms. The molecule has 0 saturated heterocycles. The van der Waals surface area contributed by atoms with Crippen LogP contribution in [0.3, 0.4) is 0 Å². The van der Waals surface area contributed by atoms with Crippen LogP contribution in [0.2, 0.25) is 0 Å². The minimum Gasteiger partial charge on any atom is -0.454 e. The highest BCUT2D eigenvalue weighted by Gasteiger charge is 2.23. The average Bonchev–Trinajstić information content (AvgIpc) is 3.27. The molecule has 8 nitrogen and oxygen atoms in total. The zero-order valence-electron chi connectivity index (χ0n) is 13.8. The summed E-state index contributed by atoms with van der Waals surface area (Å²) in [4.78, 5) is 24.6. The first-order valence-electron chi connectivity index (χ1n) is 7.77. The predicted octanol–water partition coefficient (Wildman–Crippen LogP) is 1.69. The van der Waals surface area contributed by atoms with Gasteiger partial charge in [0.15, 0.2) is 22.5 Å². The number of rotatable bonds is 6. The maximum absolute atomic E-state index is 12.1. The number of esters is 1. The summed E-state index contributed by atoms with van der Waals surface area (Å²) in [6.07, 6.45) is -0.348. The van der Waals surface area contributed by atoms with Crippen molar-refractivity contribution in [1.82, 2.24) is 14.9 Å². The molecule has 0 fully saturated rings. The molecular formula is C16H17N3O5S. The Hall–Kier alpha value is -2.68. The Bertz CT molecular complexity index is 792. The van der Waals surface area contributed by atoms with Crippen molar-refractivity contribution in [3.05, 3.63) is 34.3 Å². The summed E-state index contributed by atoms with van der Waals surface area (Å²) < 4.78 is 19.5. The molecule has 25 heavy (non-hydrogen) atoms. The number of amides is 1. The number of aromatic nitrogens is 2. The van der Waals surface area contributed by atoms with Gasteiger partial charge in [0, 0.05) is 6.54 Å². The third-order valence-corrected chi connectivity index (χ3v) is 4.38. The van der Waals surface area contributed by atoms with Crippen molar-refractivity contribution in [2.75, 3.05) is 6.79 Å². The maximum atomic E-state index is 12.1. The first-order valence-corrected chi connectivity index (χ1v) is 8.54. The topological polar surface area (TPSA) is 99.6 Å². The van der Waals surface area contributed by atoms with Crippen molar-refractivity contribution >= 4 is 23.4 Å². The second kappa shape index (κ2) is 7.47. The van der Waals surface area contributed by atoms with Crippen molar-refractivity contribution in [3.8, 4) is 11.5 Å². The summed E-state index contributed by atoms with van der Waals surface area (Å²) >= 11 is 0.964. The lowest BCUT2D eigenvalue weighted by Crippen LogP contribution is -2.35. The van der Waals surface area contributed by atoms with Crippen molar-refractivity contribution in [3.63, 3.8) is 0 Å². The van der Waals surface area contributed by atoms with Gasteiger partial charge in [-0.1, -0.05) is 17.5 Å². The molecule has 1 amide bonds. The fraction of sp³-hybridized carbons (Fsp3) is 0.375. The van der Waals surface area contributed by atoms with Crippen molar-refractivity contribution in [2.45, 2.75) is 32.9 Å². The number of fused-ring (bicyclic) bond motifs is 1. The number of nitrogens with zero attached hydrogens (tertiary/aromatic N) is 2. The minimum absolute atomic E-state index is 0.199. The zero-order valence-corrected chi connectivity index (χ0v) is 14.6. The third-order valence-electron chi connectivity index (χ3n) is 3.63. The van der Waals surface area contributed by atoms with Crippen molar-refractivity contribution < 1.29 is 23.8 Å². The van der Waals surface area contributed by atoms with Crippen molar-refractivity contribution in [2.24, 2.45) is 0 Å². The molecule has 1 aliphatic heterocycles. The molecule has 0 unspecified atom stereocenters. The molecule has 1 N–H and O–H groups in total. The first-order chi connectivity index (χ1) is 12.1. The monoisotopic (exact) mass is 363 g/mol. The van der Waals surface area contributed by atoms with Crippen LogP contribution < -0.4 is 14.8 Å². The van der Waals surface area contributed by atoms with E-state index in [9.17, 15) is 9.59 Å².